The van der Waals surface area contributed by atoms with Crippen LogP contribution in [0.25, 0.3) is 0 Å². The number of hydrogen-bond acceptors (Lipinski definition) is 5. The second kappa shape index (κ2) is 8.79. The fraction of sp³-hybridized carbons (Fsp3) is 0.222. The molecule has 0 amide bonds. The molecule has 11 heteroatoms. The smallest absolute Gasteiger partial charge is 0.340 e. The van der Waals surface area contributed by atoms with Gasteiger partial charge in [0.25, 0.3) is 0 Å². The molecule has 2 aromatic carbocycles. The number of halogens is 4. The molecule has 3 rings (SSSR count). The molecule has 29 heavy (non-hydrogen) atoms. The first-order chi connectivity index (χ1) is 13.6. The van der Waals surface area contributed by atoms with Crippen molar-refractivity contribution in [3.05, 3.63) is 61.5 Å². The van der Waals surface area contributed by atoms with Gasteiger partial charge in [-0.25, -0.2) is 17.9 Å². The fourth-order valence-electron chi connectivity index (χ4n) is 2.34. The molecular weight excluding hydrogens is 484 g/mol. The Morgan fingerprint density at radius 2 is 1.66 bits per heavy atom. The lowest BCUT2D eigenvalue weighted by Crippen LogP contribution is -2.26. The third-order valence-corrected chi connectivity index (χ3v) is 7.04. The van der Waals surface area contributed by atoms with Crippen LogP contribution < -0.4 is 4.72 Å². The van der Waals surface area contributed by atoms with Gasteiger partial charge < -0.3 is 4.74 Å². The Bertz CT molecular complexity index is 1100. The van der Waals surface area contributed by atoms with Crippen LogP contribution in [0.4, 0.5) is 0 Å². The maximum atomic E-state index is 12.4. The monoisotopic (exact) mass is 495 g/mol. The average molecular weight is 497 g/mol. The van der Waals surface area contributed by atoms with Gasteiger partial charge >= 0.3 is 5.97 Å². The molecule has 0 bridgehead atoms. The third-order valence-electron chi connectivity index (χ3n) is 4.01. The molecule has 0 unspecified atom stereocenters. The molecule has 1 aliphatic rings. The van der Waals surface area contributed by atoms with E-state index in [0.29, 0.717) is 0 Å². The van der Waals surface area contributed by atoms with E-state index in [4.69, 9.17) is 51.1 Å². The Labute approximate surface area is 187 Å². The average Bonchev–Trinajstić information content (AvgIpc) is 3.44. The number of hydrogen-bond donors (Lipinski definition) is 1. The van der Waals surface area contributed by atoms with Crippen LogP contribution in [0.2, 0.25) is 20.1 Å². The van der Waals surface area contributed by atoms with E-state index >= 15 is 0 Å². The molecule has 0 spiro atoms. The topological polar surface area (TPSA) is 89.5 Å². The van der Waals surface area contributed by atoms with Gasteiger partial charge in [-0.1, -0.05) is 46.4 Å². The SMILES string of the molecule is O=C(COC(=O)c1cc(S(=O)(=O)NC2CC2)c(Cl)cc1Cl)c1ccc(Cl)c(Cl)c1. The summed E-state index contributed by atoms with van der Waals surface area (Å²) in [5.74, 6) is -1.49. The highest BCUT2D eigenvalue weighted by molar-refractivity contribution is 7.89. The third kappa shape index (κ3) is 5.42. The summed E-state index contributed by atoms with van der Waals surface area (Å²) >= 11 is 23.7. The molecule has 1 N–H and O–H groups in total. The Kier molecular flexibility index (Phi) is 6.77. The van der Waals surface area contributed by atoms with Gasteiger partial charge in [-0.3, -0.25) is 4.79 Å². The standard InChI is InChI=1S/C18H13Cl4NO5S/c19-12-4-1-9(5-14(12)21)16(24)8-28-18(25)11-6-17(15(22)7-13(11)20)29(26,27)23-10-2-3-10/h1,4-7,10,23H,2-3,8H2. The lowest BCUT2D eigenvalue weighted by atomic mass is 10.1. The van der Waals surface area contributed by atoms with Gasteiger partial charge in [-0.05, 0) is 43.2 Å². The molecule has 0 saturated heterocycles. The molecule has 0 heterocycles. The van der Waals surface area contributed by atoms with Gasteiger partial charge in [0.15, 0.2) is 12.4 Å². The zero-order chi connectivity index (χ0) is 21.3. The molecule has 0 atom stereocenters. The van der Waals surface area contributed by atoms with E-state index in [1.807, 2.05) is 0 Å². The summed E-state index contributed by atoms with van der Waals surface area (Å²) in [4.78, 5) is 24.3. The minimum Gasteiger partial charge on any atom is -0.454 e. The van der Waals surface area contributed by atoms with Gasteiger partial charge in [-0.2, -0.15) is 0 Å². The zero-order valence-corrected chi connectivity index (χ0v) is 18.4. The first-order valence-corrected chi connectivity index (χ1v) is 11.2. The van der Waals surface area contributed by atoms with Crippen LogP contribution in [0.5, 0.6) is 0 Å². The summed E-state index contributed by atoms with van der Waals surface area (Å²) in [6.45, 7) is -0.599. The molecule has 1 saturated carbocycles. The summed E-state index contributed by atoms with van der Waals surface area (Å²) < 4.78 is 32.3. The minimum atomic E-state index is -3.93. The van der Waals surface area contributed by atoms with E-state index in [1.54, 1.807) is 0 Å². The summed E-state index contributed by atoms with van der Waals surface area (Å²) in [6.07, 6.45) is 1.46. The number of ketones is 1. The van der Waals surface area contributed by atoms with Crippen LogP contribution in [-0.2, 0) is 14.8 Å². The predicted octanol–water partition coefficient (Wildman–Crippen LogP) is 4.78. The van der Waals surface area contributed by atoms with Crippen molar-refractivity contribution in [2.75, 3.05) is 6.61 Å². The van der Waals surface area contributed by atoms with Crippen molar-refractivity contribution in [1.82, 2.24) is 4.72 Å². The van der Waals surface area contributed by atoms with Crippen LogP contribution in [0.15, 0.2) is 35.2 Å². The lowest BCUT2D eigenvalue weighted by molar-refractivity contribution is 0.0474. The number of esters is 1. The van der Waals surface area contributed by atoms with Crippen molar-refractivity contribution in [3.63, 3.8) is 0 Å². The normalized spacial score (nSPS) is 13.9. The Morgan fingerprint density at radius 3 is 2.28 bits per heavy atom. The van der Waals surface area contributed by atoms with Crippen LogP contribution in [0.3, 0.4) is 0 Å². The molecule has 0 aromatic heterocycles. The highest BCUT2D eigenvalue weighted by Crippen LogP contribution is 2.31. The predicted molar refractivity (Wildman–Crippen MR) is 111 cm³/mol. The molecule has 0 radical (unpaired) electrons. The first-order valence-electron chi connectivity index (χ1n) is 8.25. The van der Waals surface area contributed by atoms with Crippen molar-refractivity contribution >= 4 is 68.2 Å². The highest BCUT2D eigenvalue weighted by atomic mass is 35.5. The number of benzene rings is 2. The first kappa shape index (κ1) is 22.3. The summed E-state index contributed by atoms with van der Waals surface area (Å²) in [7, 11) is -3.93. The van der Waals surface area contributed by atoms with Gasteiger partial charge in [0.1, 0.15) is 4.90 Å². The summed E-state index contributed by atoms with van der Waals surface area (Å²) in [6, 6.07) is 6.26. The van der Waals surface area contributed by atoms with Gasteiger partial charge in [0.2, 0.25) is 10.0 Å². The number of nitrogens with one attached hydrogen (secondary N) is 1. The number of Topliss-reactive ketones (excluding diaryl/α,β-unsaturated/α-hetero) is 1. The van der Waals surface area contributed by atoms with Crippen molar-refractivity contribution in [1.29, 1.82) is 0 Å². The maximum Gasteiger partial charge on any atom is 0.340 e. The van der Waals surface area contributed by atoms with Crippen molar-refractivity contribution in [2.45, 2.75) is 23.8 Å². The van der Waals surface area contributed by atoms with Gasteiger partial charge in [0.05, 0.1) is 25.7 Å². The van der Waals surface area contributed by atoms with E-state index in [0.717, 1.165) is 25.0 Å². The number of ether oxygens (including phenoxy) is 1. The van der Waals surface area contributed by atoms with Crippen LogP contribution in [-0.4, -0.2) is 32.8 Å². The lowest BCUT2D eigenvalue weighted by Gasteiger charge is -2.11. The van der Waals surface area contributed by atoms with Gasteiger partial charge in [-0.15, -0.1) is 0 Å². The van der Waals surface area contributed by atoms with Crippen molar-refractivity contribution < 1.29 is 22.7 Å². The quantitative estimate of drug-likeness (QED) is 0.440. The maximum absolute atomic E-state index is 12.4. The Balaban J connectivity index is 1.77. The number of carbonyl (C=O) groups excluding carboxylic acids is 2. The second-order valence-electron chi connectivity index (χ2n) is 6.29. The number of sulfonamides is 1. The van der Waals surface area contributed by atoms with E-state index in [9.17, 15) is 18.0 Å². The number of carbonyl (C=O) groups is 2. The van der Waals surface area contributed by atoms with Gasteiger partial charge in [0, 0.05) is 11.6 Å². The summed E-state index contributed by atoms with van der Waals surface area (Å²) in [5.41, 5.74) is -0.0273. The van der Waals surface area contributed by atoms with E-state index < -0.39 is 28.4 Å². The highest BCUT2D eigenvalue weighted by Gasteiger charge is 2.30. The molecule has 6 nitrogen and oxygen atoms in total. The number of rotatable bonds is 7. The van der Waals surface area contributed by atoms with Crippen LogP contribution >= 0.6 is 46.4 Å². The van der Waals surface area contributed by atoms with E-state index in [-0.39, 0.29) is 42.2 Å². The molecule has 1 fully saturated rings. The largest absolute Gasteiger partial charge is 0.454 e. The van der Waals surface area contributed by atoms with E-state index in [2.05, 4.69) is 4.72 Å². The molecular formula is C18H13Cl4NO5S. The van der Waals surface area contributed by atoms with Crippen LogP contribution in [0, 0.1) is 0 Å². The van der Waals surface area contributed by atoms with Crippen LogP contribution in [0.1, 0.15) is 33.6 Å². The van der Waals surface area contributed by atoms with Crippen molar-refractivity contribution in [2.24, 2.45) is 0 Å². The minimum absolute atomic E-state index is 0.104. The summed E-state index contributed by atoms with van der Waals surface area (Å²) in [5, 5.41) is 0.225. The van der Waals surface area contributed by atoms with E-state index in [1.165, 1.54) is 18.2 Å². The van der Waals surface area contributed by atoms with Crippen molar-refractivity contribution in [3.8, 4) is 0 Å². The molecule has 1 aliphatic carbocycles. The Morgan fingerprint density at radius 1 is 0.966 bits per heavy atom. The second-order valence-corrected chi connectivity index (χ2v) is 9.60. The molecule has 2 aromatic rings. The Hall–Kier alpha value is -1.35. The molecule has 154 valence electrons. The fourth-order valence-corrected chi connectivity index (χ4v) is 4.79. The molecule has 0 aliphatic heterocycles. The zero-order valence-electron chi connectivity index (χ0n) is 14.5.